The lowest BCUT2D eigenvalue weighted by atomic mass is 10.0. The first-order valence-electron chi connectivity index (χ1n) is 4.07. The molecule has 1 spiro atoms. The van der Waals surface area contributed by atoms with Gasteiger partial charge in [-0.25, -0.2) is 0 Å². The summed E-state index contributed by atoms with van der Waals surface area (Å²) >= 11 is 0. The van der Waals surface area contributed by atoms with Gasteiger partial charge in [-0.2, -0.15) is 0 Å². The van der Waals surface area contributed by atoms with Crippen LogP contribution >= 0.6 is 12.4 Å². The number of hydrogen-bond donors (Lipinski definition) is 1. The topological polar surface area (TPSA) is 38.3 Å². The van der Waals surface area contributed by atoms with Gasteiger partial charge >= 0.3 is 5.97 Å². The number of carbonyl (C=O) groups excluding carboxylic acids is 1. The lowest BCUT2D eigenvalue weighted by molar-refractivity contribution is -0.143. The van der Waals surface area contributed by atoms with E-state index in [1.54, 1.807) is 0 Å². The number of halogens is 1. The van der Waals surface area contributed by atoms with Gasteiger partial charge in [0, 0.05) is 6.54 Å². The van der Waals surface area contributed by atoms with Crippen molar-refractivity contribution in [3.63, 3.8) is 0 Å². The number of esters is 1. The first-order valence-corrected chi connectivity index (χ1v) is 4.07. The minimum Gasteiger partial charge on any atom is -0.469 e. The smallest absolute Gasteiger partial charge is 0.309 e. The Morgan fingerprint density at radius 2 is 2.42 bits per heavy atom. The average molecular weight is 192 g/mol. The van der Waals surface area contributed by atoms with E-state index in [1.165, 1.54) is 7.11 Å². The van der Waals surface area contributed by atoms with Gasteiger partial charge in [-0.3, -0.25) is 4.79 Å². The van der Waals surface area contributed by atoms with Crippen LogP contribution in [0.25, 0.3) is 0 Å². The zero-order valence-corrected chi connectivity index (χ0v) is 7.95. The highest BCUT2D eigenvalue weighted by atomic mass is 35.5. The second kappa shape index (κ2) is 3.23. The summed E-state index contributed by atoms with van der Waals surface area (Å²) in [7, 11) is 1.47. The van der Waals surface area contributed by atoms with Crippen LogP contribution in [0.5, 0.6) is 0 Å². The summed E-state index contributed by atoms with van der Waals surface area (Å²) in [6.07, 6.45) is 2.18. The predicted octanol–water partition coefficient (Wildman–Crippen LogP) is 0.581. The number of methoxy groups -OCH3 is 1. The third-order valence-corrected chi connectivity index (χ3v) is 2.95. The van der Waals surface area contributed by atoms with Crippen molar-refractivity contribution < 1.29 is 9.53 Å². The van der Waals surface area contributed by atoms with E-state index >= 15 is 0 Å². The third-order valence-electron chi connectivity index (χ3n) is 2.95. The van der Waals surface area contributed by atoms with Crippen LogP contribution in [0.15, 0.2) is 0 Å². The highest BCUT2D eigenvalue weighted by Gasteiger charge is 2.59. The number of ether oxygens (including phenoxy) is 1. The van der Waals surface area contributed by atoms with E-state index in [9.17, 15) is 4.79 Å². The van der Waals surface area contributed by atoms with Crippen LogP contribution in [-0.2, 0) is 9.53 Å². The molecule has 2 aliphatic rings. The molecule has 1 aliphatic heterocycles. The first-order chi connectivity index (χ1) is 5.28. The van der Waals surface area contributed by atoms with Crippen molar-refractivity contribution in [1.29, 1.82) is 0 Å². The molecular weight excluding hydrogens is 178 g/mol. The molecule has 1 aliphatic carbocycles. The van der Waals surface area contributed by atoms with Crippen LogP contribution in [0, 0.1) is 11.3 Å². The highest BCUT2D eigenvalue weighted by Crippen LogP contribution is 2.56. The van der Waals surface area contributed by atoms with Gasteiger partial charge in [0.2, 0.25) is 0 Å². The van der Waals surface area contributed by atoms with Crippen molar-refractivity contribution in [3.8, 4) is 0 Å². The Morgan fingerprint density at radius 1 is 1.67 bits per heavy atom. The summed E-state index contributed by atoms with van der Waals surface area (Å²) in [6.45, 7) is 2.07. The zero-order valence-electron chi connectivity index (χ0n) is 7.13. The van der Waals surface area contributed by atoms with Crippen LogP contribution < -0.4 is 5.32 Å². The molecule has 0 aromatic carbocycles. The van der Waals surface area contributed by atoms with Gasteiger partial charge in [-0.15, -0.1) is 12.4 Å². The largest absolute Gasteiger partial charge is 0.469 e. The second-order valence-corrected chi connectivity index (χ2v) is 3.57. The quantitative estimate of drug-likeness (QED) is 0.617. The van der Waals surface area contributed by atoms with Crippen LogP contribution in [0.4, 0.5) is 0 Å². The molecule has 2 atom stereocenters. The normalized spacial score (nSPS) is 37.6. The van der Waals surface area contributed by atoms with Crippen LogP contribution in [0.1, 0.15) is 12.8 Å². The fourth-order valence-electron chi connectivity index (χ4n) is 2.06. The minimum absolute atomic E-state index is 0. The molecule has 1 N–H and O–H groups in total. The molecule has 1 saturated heterocycles. The average Bonchev–Trinajstić information content (AvgIpc) is 2.48. The molecule has 1 saturated carbocycles. The van der Waals surface area contributed by atoms with E-state index in [1.807, 2.05) is 0 Å². The Morgan fingerprint density at radius 3 is 2.92 bits per heavy atom. The van der Waals surface area contributed by atoms with Crippen LogP contribution in [-0.4, -0.2) is 26.2 Å². The van der Waals surface area contributed by atoms with E-state index in [0.717, 1.165) is 25.9 Å². The Bertz CT molecular complexity index is 189. The van der Waals surface area contributed by atoms with Crippen molar-refractivity contribution in [1.82, 2.24) is 5.32 Å². The standard InChI is InChI=1S/C8H13NO2.ClH/c1-11-7(10)6-4-8(6)2-3-9-5-8;/h6,9H,2-5H2,1H3;1H. The summed E-state index contributed by atoms with van der Waals surface area (Å²) in [5, 5.41) is 3.28. The number of nitrogens with one attached hydrogen (secondary N) is 1. The fourth-order valence-corrected chi connectivity index (χ4v) is 2.06. The molecule has 0 aromatic heterocycles. The molecule has 0 amide bonds. The summed E-state index contributed by atoms with van der Waals surface area (Å²) in [4.78, 5) is 11.1. The molecule has 12 heavy (non-hydrogen) atoms. The molecular formula is C8H14ClNO2. The van der Waals surface area contributed by atoms with Crippen molar-refractivity contribution in [2.75, 3.05) is 20.2 Å². The van der Waals surface area contributed by atoms with Gasteiger partial charge < -0.3 is 10.1 Å². The molecule has 4 heteroatoms. The molecule has 0 aromatic rings. The lowest BCUT2D eigenvalue weighted by Crippen LogP contribution is -2.15. The first kappa shape index (κ1) is 9.81. The van der Waals surface area contributed by atoms with Crippen LogP contribution in [0.2, 0.25) is 0 Å². The number of carbonyl (C=O) groups is 1. The third kappa shape index (κ3) is 1.31. The number of hydrogen-bond acceptors (Lipinski definition) is 3. The molecule has 2 rings (SSSR count). The number of rotatable bonds is 1. The Balaban J connectivity index is 0.000000720. The summed E-state index contributed by atoms with van der Waals surface area (Å²) in [6, 6.07) is 0. The Labute approximate surface area is 78.3 Å². The molecule has 0 radical (unpaired) electrons. The van der Waals surface area contributed by atoms with Crippen molar-refractivity contribution in [3.05, 3.63) is 0 Å². The zero-order chi connectivity index (χ0) is 7.90. The molecule has 70 valence electrons. The maximum absolute atomic E-state index is 11.1. The highest BCUT2D eigenvalue weighted by molar-refractivity contribution is 5.85. The summed E-state index contributed by atoms with van der Waals surface area (Å²) < 4.78 is 4.69. The van der Waals surface area contributed by atoms with Gasteiger partial charge in [-0.05, 0) is 24.8 Å². The van der Waals surface area contributed by atoms with E-state index in [0.29, 0.717) is 5.41 Å². The van der Waals surface area contributed by atoms with Gasteiger partial charge in [0.25, 0.3) is 0 Å². The molecule has 0 bridgehead atoms. The molecule has 2 unspecified atom stereocenters. The van der Waals surface area contributed by atoms with E-state index in [4.69, 9.17) is 4.74 Å². The Hall–Kier alpha value is -0.280. The monoisotopic (exact) mass is 191 g/mol. The predicted molar refractivity (Wildman–Crippen MR) is 47.3 cm³/mol. The van der Waals surface area contributed by atoms with Gasteiger partial charge in [0.15, 0.2) is 0 Å². The SMILES string of the molecule is COC(=O)C1CC12CCNC2.Cl. The van der Waals surface area contributed by atoms with Crippen molar-refractivity contribution in [2.24, 2.45) is 11.3 Å². The van der Waals surface area contributed by atoms with Gasteiger partial charge in [-0.1, -0.05) is 0 Å². The van der Waals surface area contributed by atoms with Crippen molar-refractivity contribution in [2.45, 2.75) is 12.8 Å². The lowest BCUT2D eigenvalue weighted by Gasteiger charge is -2.04. The van der Waals surface area contributed by atoms with Gasteiger partial charge in [0.05, 0.1) is 13.0 Å². The van der Waals surface area contributed by atoms with E-state index < -0.39 is 0 Å². The van der Waals surface area contributed by atoms with Gasteiger partial charge in [0.1, 0.15) is 0 Å². The summed E-state index contributed by atoms with van der Waals surface area (Å²) in [5.74, 6) is 0.177. The van der Waals surface area contributed by atoms with Crippen molar-refractivity contribution >= 4 is 18.4 Å². The summed E-state index contributed by atoms with van der Waals surface area (Å²) in [5.41, 5.74) is 0.299. The van der Waals surface area contributed by atoms with E-state index in [-0.39, 0.29) is 24.3 Å². The molecule has 3 nitrogen and oxygen atoms in total. The maximum Gasteiger partial charge on any atom is 0.309 e. The van der Waals surface area contributed by atoms with Crippen LogP contribution in [0.3, 0.4) is 0 Å². The molecule has 1 heterocycles. The van der Waals surface area contributed by atoms with E-state index in [2.05, 4.69) is 5.32 Å². The Kier molecular flexibility index (Phi) is 2.64. The second-order valence-electron chi connectivity index (χ2n) is 3.57. The maximum atomic E-state index is 11.1. The molecule has 2 fully saturated rings. The fraction of sp³-hybridized carbons (Fsp3) is 0.875. The minimum atomic E-state index is -0.0197.